The molecule has 6 nitrogen and oxygen atoms in total. The Morgan fingerprint density at radius 1 is 0.906 bits per heavy atom. The molecule has 1 aliphatic rings. The van der Waals surface area contributed by atoms with Gasteiger partial charge in [-0.2, -0.15) is 0 Å². The summed E-state index contributed by atoms with van der Waals surface area (Å²) >= 11 is 0. The Balaban J connectivity index is 1.57. The molecule has 164 valence electrons. The Morgan fingerprint density at radius 3 is 2.16 bits per heavy atom. The fourth-order valence-corrected chi connectivity index (χ4v) is 3.84. The van der Waals surface area contributed by atoms with Gasteiger partial charge in [0.2, 0.25) is 5.91 Å². The lowest BCUT2D eigenvalue weighted by Crippen LogP contribution is -2.42. The number of hydrogen-bond acceptors (Lipinski definition) is 3. The van der Waals surface area contributed by atoms with Crippen LogP contribution in [0.1, 0.15) is 42.1 Å². The molecule has 0 bridgehead atoms. The monoisotopic (exact) mass is 431 g/mol. The average molecular weight is 431 g/mol. The molecule has 1 fully saturated rings. The average Bonchev–Trinajstić information content (AvgIpc) is 3.60. The zero-order valence-electron chi connectivity index (χ0n) is 17.8. The minimum absolute atomic E-state index is 0.109. The van der Waals surface area contributed by atoms with Gasteiger partial charge in [0.1, 0.15) is 6.04 Å². The predicted octanol–water partition coefficient (Wildman–Crippen LogP) is 4.81. The number of aliphatic carboxylic acids is 1. The van der Waals surface area contributed by atoms with Crippen molar-refractivity contribution in [1.82, 2.24) is 4.90 Å². The number of carboxylic acids is 2. The van der Waals surface area contributed by atoms with Gasteiger partial charge in [-0.25, -0.2) is 9.59 Å². The van der Waals surface area contributed by atoms with Gasteiger partial charge >= 0.3 is 11.9 Å². The maximum absolute atomic E-state index is 12.7. The van der Waals surface area contributed by atoms with Gasteiger partial charge in [0, 0.05) is 13.0 Å². The number of benzene rings is 3. The summed E-state index contributed by atoms with van der Waals surface area (Å²) in [7, 11) is 0. The van der Waals surface area contributed by atoms with Gasteiger partial charge in [0.15, 0.2) is 0 Å². The summed E-state index contributed by atoms with van der Waals surface area (Å²) < 4.78 is 0. The summed E-state index contributed by atoms with van der Waals surface area (Å²) in [6, 6.07) is 17.7. The van der Waals surface area contributed by atoms with Crippen LogP contribution in [-0.2, 0) is 16.1 Å². The molecule has 0 heterocycles. The molecule has 0 spiro atoms. The second-order valence-electron chi connectivity index (χ2n) is 8.46. The molecule has 0 saturated heterocycles. The van der Waals surface area contributed by atoms with Crippen molar-refractivity contribution in [2.45, 2.75) is 38.8 Å². The summed E-state index contributed by atoms with van der Waals surface area (Å²) in [6.07, 6.45) is 2.49. The van der Waals surface area contributed by atoms with Crippen LogP contribution in [0.2, 0.25) is 0 Å². The molecule has 0 aromatic heterocycles. The highest BCUT2D eigenvalue weighted by atomic mass is 16.4. The third-order valence-corrected chi connectivity index (χ3v) is 6.03. The Labute approximate surface area is 186 Å². The molecule has 0 aliphatic heterocycles. The van der Waals surface area contributed by atoms with Crippen LogP contribution in [0.3, 0.4) is 0 Å². The van der Waals surface area contributed by atoms with Crippen molar-refractivity contribution >= 4 is 28.6 Å². The molecule has 3 aromatic carbocycles. The highest BCUT2D eigenvalue weighted by molar-refractivity contribution is 5.90. The summed E-state index contributed by atoms with van der Waals surface area (Å²) in [4.78, 5) is 36.8. The number of nitrogens with zero attached hydrogens (tertiary/aromatic N) is 1. The number of amides is 1. The summed E-state index contributed by atoms with van der Waals surface area (Å²) in [5.41, 5.74) is 3.03. The Bertz CT molecular complexity index is 1180. The minimum atomic E-state index is -1.01. The number of hydrogen-bond donors (Lipinski definition) is 2. The van der Waals surface area contributed by atoms with Crippen LogP contribution in [0.4, 0.5) is 0 Å². The maximum Gasteiger partial charge on any atom is 0.335 e. The van der Waals surface area contributed by atoms with Gasteiger partial charge in [0.05, 0.1) is 5.56 Å². The first kappa shape index (κ1) is 21.6. The Morgan fingerprint density at radius 2 is 1.53 bits per heavy atom. The van der Waals surface area contributed by atoms with E-state index in [0.29, 0.717) is 12.3 Å². The van der Waals surface area contributed by atoms with Crippen LogP contribution in [0.15, 0.2) is 60.7 Å². The highest BCUT2D eigenvalue weighted by Crippen LogP contribution is 2.33. The van der Waals surface area contributed by atoms with Crippen LogP contribution < -0.4 is 0 Å². The van der Waals surface area contributed by atoms with Crippen molar-refractivity contribution in [2.24, 2.45) is 5.92 Å². The molecule has 3 aromatic rings. The first-order valence-corrected chi connectivity index (χ1v) is 10.7. The number of fused-ring (bicyclic) bond motifs is 1. The molecule has 1 aliphatic carbocycles. The topological polar surface area (TPSA) is 94.9 Å². The van der Waals surface area contributed by atoms with Gasteiger partial charge in [-0.1, -0.05) is 36.4 Å². The number of aromatic carboxylic acids is 1. The van der Waals surface area contributed by atoms with Crippen molar-refractivity contribution in [3.63, 3.8) is 0 Å². The van der Waals surface area contributed by atoms with Crippen molar-refractivity contribution in [1.29, 1.82) is 0 Å². The van der Waals surface area contributed by atoms with E-state index >= 15 is 0 Å². The minimum Gasteiger partial charge on any atom is -0.480 e. The summed E-state index contributed by atoms with van der Waals surface area (Å²) in [5, 5.41) is 20.5. The number of carbonyl (C=O) groups is 3. The standard InChI is InChI=1S/C26H25NO5/c1-16(25(29)30)27(24(28)13-17-2-3-17)15-18-4-5-23-14-22(11-10-21(23)12-18)19-6-8-20(9-7-19)26(31)32/h4-12,14,16-17H,2-3,13,15H2,1H3,(H,29,30)(H,31,32). The highest BCUT2D eigenvalue weighted by Gasteiger charge is 2.31. The molecular weight excluding hydrogens is 406 g/mol. The fraction of sp³-hybridized carbons (Fsp3) is 0.269. The van der Waals surface area contributed by atoms with Crippen molar-refractivity contribution < 1.29 is 24.6 Å². The van der Waals surface area contributed by atoms with E-state index in [1.807, 2.05) is 36.4 Å². The van der Waals surface area contributed by atoms with Crippen molar-refractivity contribution in [3.05, 3.63) is 71.8 Å². The van der Waals surface area contributed by atoms with Crippen LogP contribution in [0.5, 0.6) is 0 Å². The lowest BCUT2D eigenvalue weighted by molar-refractivity contribution is -0.150. The first-order valence-electron chi connectivity index (χ1n) is 10.7. The zero-order valence-corrected chi connectivity index (χ0v) is 17.8. The quantitative estimate of drug-likeness (QED) is 0.534. The molecule has 1 atom stereocenters. The number of carbonyl (C=O) groups excluding carboxylic acids is 1. The zero-order chi connectivity index (χ0) is 22.8. The normalized spacial score (nSPS) is 14.2. The van der Waals surface area contributed by atoms with E-state index in [4.69, 9.17) is 5.11 Å². The van der Waals surface area contributed by atoms with Crippen LogP contribution >= 0.6 is 0 Å². The third-order valence-electron chi connectivity index (χ3n) is 6.03. The van der Waals surface area contributed by atoms with Crippen LogP contribution in [0.25, 0.3) is 21.9 Å². The van der Waals surface area contributed by atoms with Gasteiger partial charge in [-0.3, -0.25) is 4.79 Å². The van der Waals surface area contributed by atoms with Gasteiger partial charge in [0.25, 0.3) is 0 Å². The van der Waals surface area contributed by atoms with E-state index in [1.54, 1.807) is 31.2 Å². The van der Waals surface area contributed by atoms with Gasteiger partial charge in [-0.05, 0) is 77.4 Å². The molecule has 0 radical (unpaired) electrons. The van der Waals surface area contributed by atoms with Gasteiger partial charge in [-0.15, -0.1) is 0 Å². The smallest absolute Gasteiger partial charge is 0.335 e. The van der Waals surface area contributed by atoms with E-state index in [-0.39, 0.29) is 18.0 Å². The first-order chi connectivity index (χ1) is 15.3. The Kier molecular flexibility index (Phi) is 5.95. The lowest BCUT2D eigenvalue weighted by atomic mass is 9.99. The van der Waals surface area contributed by atoms with E-state index < -0.39 is 18.0 Å². The van der Waals surface area contributed by atoms with E-state index in [0.717, 1.165) is 40.3 Å². The summed E-state index contributed by atoms with van der Waals surface area (Å²) in [6.45, 7) is 1.81. The maximum atomic E-state index is 12.7. The van der Waals surface area contributed by atoms with E-state index in [2.05, 4.69) is 0 Å². The van der Waals surface area contributed by atoms with E-state index in [1.165, 1.54) is 4.90 Å². The van der Waals surface area contributed by atoms with Crippen molar-refractivity contribution in [2.75, 3.05) is 0 Å². The van der Waals surface area contributed by atoms with Gasteiger partial charge < -0.3 is 15.1 Å². The number of rotatable bonds is 8. The molecular formula is C26H25NO5. The SMILES string of the molecule is CC(C(=O)O)N(Cc1ccc2cc(-c3ccc(C(=O)O)cc3)ccc2c1)C(=O)CC1CC1. The predicted molar refractivity (Wildman–Crippen MR) is 121 cm³/mol. The van der Waals surface area contributed by atoms with Crippen LogP contribution in [0, 0.1) is 5.92 Å². The number of carboxylic acid groups (broad SMARTS) is 2. The molecule has 1 amide bonds. The lowest BCUT2D eigenvalue weighted by Gasteiger charge is -2.27. The van der Waals surface area contributed by atoms with E-state index in [9.17, 15) is 19.5 Å². The van der Waals surface area contributed by atoms with Crippen molar-refractivity contribution in [3.8, 4) is 11.1 Å². The molecule has 4 rings (SSSR count). The van der Waals surface area contributed by atoms with Crippen LogP contribution in [-0.4, -0.2) is 39.0 Å². The largest absolute Gasteiger partial charge is 0.480 e. The second kappa shape index (κ2) is 8.83. The second-order valence-corrected chi connectivity index (χ2v) is 8.46. The third kappa shape index (κ3) is 4.80. The molecule has 2 N–H and O–H groups in total. The molecule has 1 saturated carbocycles. The molecule has 32 heavy (non-hydrogen) atoms. The molecule has 1 unspecified atom stereocenters. The summed E-state index contributed by atoms with van der Waals surface area (Å²) in [5.74, 6) is -1.67. The fourth-order valence-electron chi connectivity index (χ4n) is 3.84. The molecule has 6 heteroatoms. The Hall–Kier alpha value is -3.67.